The fraction of sp³-hybridized carbons (Fsp3) is 0.571. The van der Waals surface area contributed by atoms with Crippen molar-refractivity contribution in [2.45, 2.75) is 32.0 Å². The molecule has 0 radical (unpaired) electrons. The van der Waals surface area contributed by atoms with Crippen LogP contribution in [-0.4, -0.2) is 66.4 Å². The Bertz CT molecular complexity index is 821. The lowest BCUT2D eigenvalue weighted by Gasteiger charge is -2.28. The third kappa shape index (κ3) is 6.12. The van der Waals surface area contributed by atoms with Crippen molar-refractivity contribution in [3.05, 3.63) is 29.8 Å². The first-order chi connectivity index (χ1) is 14.6. The van der Waals surface area contributed by atoms with E-state index >= 15 is 0 Å². The molecular weight excluding hydrogens is 402 g/mol. The van der Waals surface area contributed by atoms with E-state index < -0.39 is 0 Å². The van der Waals surface area contributed by atoms with Crippen LogP contribution < -0.4 is 15.0 Å². The smallest absolute Gasteiger partial charge is 0.230 e. The summed E-state index contributed by atoms with van der Waals surface area (Å²) in [7, 11) is 1.66. The number of hydrogen-bond donors (Lipinski definition) is 1. The molecule has 30 heavy (non-hydrogen) atoms. The zero-order valence-electron chi connectivity index (χ0n) is 18.0. The molecule has 3 rings (SSSR count). The number of aromatic nitrogens is 3. The molecule has 1 N–H and O–H groups in total. The summed E-state index contributed by atoms with van der Waals surface area (Å²) in [6.45, 7) is 8.74. The third-order valence-corrected chi connectivity index (χ3v) is 5.75. The predicted molar refractivity (Wildman–Crippen MR) is 118 cm³/mol. The van der Waals surface area contributed by atoms with Gasteiger partial charge in [-0.15, -0.1) is 10.2 Å². The van der Waals surface area contributed by atoms with Crippen molar-refractivity contribution in [1.82, 2.24) is 20.1 Å². The van der Waals surface area contributed by atoms with Gasteiger partial charge in [-0.1, -0.05) is 43.8 Å². The number of amides is 1. The number of para-hydroxylation sites is 1. The molecule has 2 heterocycles. The van der Waals surface area contributed by atoms with Crippen molar-refractivity contribution in [3.63, 3.8) is 0 Å². The van der Waals surface area contributed by atoms with Gasteiger partial charge < -0.3 is 19.7 Å². The zero-order chi connectivity index (χ0) is 21.3. The highest BCUT2D eigenvalue weighted by atomic mass is 32.2. The summed E-state index contributed by atoms with van der Waals surface area (Å²) in [5.41, 5.74) is 1.08. The molecule has 0 bridgehead atoms. The molecule has 1 aliphatic heterocycles. The van der Waals surface area contributed by atoms with Crippen LogP contribution in [0.15, 0.2) is 29.4 Å². The zero-order valence-corrected chi connectivity index (χ0v) is 18.8. The topological polar surface area (TPSA) is 81.5 Å². The lowest BCUT2D eigenvalue weighted by atomic mass is 10.1. The number of hydrogen-bond acceptors (Lipinski definition) is 7. The van der Waals surface area contributed by atoms with E-state index in [1.54, 1.807) is 7.11 Å². The van der Waals surface area contributed by atoms with Crippen molar-refractivity contribution < 1.29 is 14.3 Å². The average molecular weight is 434 g/mol. The summed E-state index contributed by atoms with van der Waals surface area (Å²) in [6.07, 6.45) is 0.727. The molecule has 1 saturated heterocycles. The summed E-state index contributed by atoms with van der Waals surface area (Å²) in [4.78, 5) is 14.6. The van der Waals surface area contributed by atoms with Gasteiger partial charge in [-0.05, 0) is 24.0 Å². The van der Waals surface area contributed by atoms with Crippen LogP contribution in [0.1, 0.15) is 19.4 Å². The molecule has 1 aromatic heterocycles. The van der Waals surface area contributed by atoms with Gasteiger partial charge in [0, 0.05) is 26.2 Å². The van der Waals surface area contributed by atoms with Crippen LogP contribution >= 0.6 is 11.8 Å². The lowest BCUT2D eigenvalue weighted by molar-refractivity contribution is -0.118. The van der Waals surface area contributed by atoms with Crippen LogP contribution in [0.2, 0.25) is 0 Å². The van der Waals surface area contributed by atoms with Crippen molar-refractivity contribution in [2.75, 3.05) is 50.6 Å². The van der Waals surface area contributed by atoms with E-state index in [0.717, 1.165) is 48.5 Å². The van der Waals surface area contributed by atoms with Gasteiger partial charge in [0.2, 0.25) is 11.9 Å². The minimum absolute atomic E-state index is 0.0121. The second-order valence-corrected chi connectivity index (χ2v) is 8.53. The number of carbonyl (C=O) groups is 1. The van der Waals surface area contributed by atoms with E-state index in [9.17, 15) is 4.79 Å². The number of benzene rings is 1. The number of nitrogens with one attached hydrogen (secondary N) is 1. The molecule has 1 amide bonds. The van der Waals surface area contributed by atoms with Crippen molar-refractivity contribution in [1.29, 1.82) is 0 Å². The molecular formula is C21H31N5O3S. The third-order valence-electron chi connectivity index (χ3n) is 4.78. The monoisotopic (exact) mass is 433 g/mol. The van der Waals surface area contributed by atoms with Crippen LogP contribution in [0.3, 0.4) is 0 Å². The molecule has 0 saturated carbocycles. The second-order valence-electron chi connectivity index (χ2n) is 7.59. The van der Waals surface area contributed by atoms with Gasteiger partial charge in [0.15, 0.2) is 5.16 Å². The van der Waals surface area contributed by atoms with E-state index in [0.29, 0.717) is 31.4 Å². The first kappa shape index (κ1) is 22.4. The highest BCUT2D eigenvalue weighted by molar-refractivity contribution is 7.99. The van der Waals surface area contributed by atoms with Gasteiger partial charge in [0.25, 0.3) is 0 Å². The first-order valence-corrected chi connectivity index (χ1v) is 11.3. The summed E-state index contributed by atoms with van der Waals surface area (Å²) in [5.74, 6) is 2.46. The minimum Gasteiger partial charge on any atom is -0.496 e. The molecule has 0 unspecified atom stereocenters. The molecule has 8 nitrogen and oxygen atoms in total. The van der Waals surface area contributed by atoms with Crippen molar-refractivity contribution >= 4 is 23.6 Å². The van der Waals surface area contributed by atoms with Crippen molar-refractivity contribution in [3.8, 4) is 5.75 Å². The van der Waals surface area contributed by atoms with Gasteiger partial charge in [0.1, 0.15) is 5.75 Å². The Morgan fingerprint density at radius 3 is 2.77 bits per heavy atom. The highest BCUT2D eigenvalue weighted by Gasteiger charge is 2.21. The van der Waals surface area contributed by atoms with E-state index in [2.05, 4.69) is 38.8 Å². The predicted octanol–water partition coefficient (Wildman–Crippen LogP) is 2.23. The highest BCUT2D eigenvalue weighted by Crippen LogP contribution is 2.24. The number of thioether (sulfide) groups is 1. The Balaban J connectivity index is 1.54. The van der Waals surface area contributed by atoms with E-state index in [-0.39, 0.29) is 5.91 Å². The molecule has 0 spiro atoms. The Morgan fingerprint density at radius 2 is 2.03 bits per heavy atom. The number of ether oxygens (including phenoxy) is 2. The molecule has 1 aromatic carbocycles. The Kier molecular flexibility index (Phi) is 8.39. The standard InChI is InChI=1S/C21H31N5O3S/c1-16(2)14-26-20(25-10-12-29-13-11-25)23-24-21(26)30-15-19(27)22-9-8-17-6-4-5-7-18(17)28-3/h4-7,16H,8-15H2,1-3H3,(H,22,27). The molecule has 1 aliphatic rings. The van der Waals surface area contributed by atoms with Crippen molar-refractivity contribution in [2.24, 2.45) is 5.92 Å². The van der Waals surface area contributed by atoms with E-state index in [4.69, 9.17) is 9.47 Å². The lowest BCUT2D eigenvalue weighted by Crippen LogP contribution is -2.38. The Hall–Kier alpha value is -2.26. The van der Waals surface area contributed by atoms with E-state index in [1.807, 2.05) is 24.3 Å². The van der Waals surface area contributed by atoms with Crippen LogP contribution in [-0.2, 0) is 22.5 Å². The fourth-order valence-electron chi connectivity index (χ4n) is 3.34. The van der Waals surface area contributed by atoms with Gasteiger partial charge >= 0.3 is 0 Å². The number of carbonyl (C=O) groups excluding carboxylic acids is 1. The summed E-state index contributed by atoms with van der Waals surface area (Å²) in [5, 5.41) is 12.5. The molecule has 1 fully saturated rings. The number of rotatable bonds is 10. The van der Waals surface area contributed by atoms with Gasteiger partial charge in [0.05, 0.1) is 26.1 Å². The average Bonchev–Trinajstić information content (AvgIpc) is 3.15. The molecule has 0 atom stereocenters. The number of morpholine rings is 1. The maximum Gasteiger partial charge on any atom is 0.230 e. The van der Waals surface area contributed by atoms with Gasteiger partial charge in [-0.3, -0.25) is 9.36 Å². The number of nitrogens with zero attached hydrogens (tertiary/aromatic N) is 4. The normalized spacial score (nSPS) is 14.2. The maximum atomic E-state index is 12.4. The quantitative estimate of drug-likeness (QED) is 0.576. The number of methoxy groups -OCH3 is 1. The molecule has 0 aliphatic carbocycles. The Labute approximate surface area is 182 Å². The largest absolute Gasteiger partial charge is 0.496 e. The van der Waals surface area contributed by atoms with Gasteiger partial charge in [-0.2, -0.15) is 0 Å². The van der Waals surface area contributed by atoms with Crippen LogP contribution in [0.25, 0.3) is 0 Å². The second kappa shape index (κ2) is 11.2. The first-order valence-electron chi connectivity index (χ1n) is 10.4. The number of anilines is 1. The minimum atomic E-state index is -0.0121. The summed E-state index contributed by atoms with van der Waals surface area (Å²) in [6, 6.07) is 7.86. The van der Waals surface area contributed by atoms with Crippen LogP contribution in [0, 0.1) is 5.92 Å². The van der Waals surface area contributed by atoms with Crippen LogP contribution in [0.4, 0.5) is 5.95 Å². The Morgan fingerprint density at radius 1 is 1.27 bits per heavy atom. The summed E-state index contributed by atoms with van der Waals surface area (Å²) >= 11 is 1.43. The fourth-order valence-corrected chi connectivity index (χ4v) is 4.11. The molecule has 164 valence electrons. The summed E-state index contributed by atoms with van der Waals surface area (Å²) < 4.78 is 12.9. The molecule has 2 aromatic rings. The van der Waals surface area contributed by atoms with E-state index in [1.165, 1.54) is 11.8 Å². The maximum absolute atomic E-state index is 12.4. The van der Waals surface area contributed by atoms with Gasteiger partial charge in [-0.25, -0.2) is 0 Å². The molecule has 9 heteroatoms. The SMILES string of the molecule is COc1ccccc1CCNC(=O)CSc1nnc(N2CCOCC2)n1CC(C)C. The van der Waals surface area contributed by atoms with Crippen LogP contribution in [0.5, 0.6) is 5.75 Å².